The normalized spacial score (nSPS) is 25.8. The molecule has 0 aromatic heterocycles. The third kappa shape index (κ3) is 3.06. The number of rotatable bonds is 2. The first-order chi connectivity index (χ1) is 7.97. The molecule has 94 valence electrons. The molecule has 1 aromatic rings. The van der Waals surface area contributed by atoms with E-state index < -0.39 is 9.84 Å². The highest BCUT2D eigenvalue weighted by atomic mass is 32.2. The van der Waals surface area contributed by atoms with E-state index in [0.717, 1.165) is 18.4 Å². The van der Waals surface area contributed by atoms with Crippen LogP contribution in [0.4, 0.5) is 4.39 Å². The molecule has 0 atom stereocenters. The fourth-order valence-corrected chi connectivity index (χ4v) is 3.71. The quantitative estimate of drug-likeness (QED) is 0.815. The fourth-order valence-electron chi connectivity index (χ4n) is 2.58. The molecule has 4 heteroatoms. The van der Waals surface area contributed by atoms with Crippen molar-refractivity contribution in [1.82, 2.24) is 0 Å². The summed E-state index contributed by atoms with van der Waals surface area (Å²) in [5.74, 6) is 0.0939. The van der Waals surface area contributed by atoms with Crippen molar-refractivity contribution in [1.29, 1.82) is 0 Å². The zero-order valence-corrected chi connectivity index (χ0v) is 10.7. The van der Waals surface area contributed by atoms with Crippen molar-refractivity contribution in [3.05, 3.63) is 35.6 Å². The predicted octanol–water partition coefficient (Wildman–Crippen LogP) is 2.90. The SMILES string of the molecule is CS(=O)(=O)C1CCC(c2cccc(F)c2)CC1. The Morgan fingerprint density at radius 2 is 1.82 bits per heavy atom. The van der Waals surface area contributed by atoms with Gasteiger partial charge in [-0.05, 0) is 49.3 Å². The highest BCUT2D eigenvalue weighted by molar-refractivity contribution is 7.91. The molecule has 0 spiro atoms. The summed E-state index contributed by atoms with van der Waals surface area (Å²) in [4.78, 5) is 0. The van der Waals surface area contributed by atoms with Crippen molar-refractivity contribution >= 4 is 9.84 Å². The van der Waals surface area contributed by atoms with Gasteiger partial charge in [-0.1, -0.05) is 12.1 Å². The van der Waals surface area contributed by atoms with Gasteiger partial charge in [0.15, 0.2) is 0 Å². The first kappa shape index (κ1) is 12.6. The lowest BCUT2D eigenvalue weighted by atomic mass is 9.84. The van der Waals surface area contributed by atoms with Gasteiger partial charge in [-0.3, -0.25) is 0 Å². The van der Waals surface area contributed by atoms with Gasteiger partial charge >= 0.3 is 0 Å². The maximum Gasteiger partial charge on any atom is 0.150 e. The Hall–Kier alpha value is -0.900. The average molecular weight is 256 g/mol. The van der Waals surface area contributed by atoms with Gasteiger partial charge in [-0.25, -0.2) is 12.8 Å². The van der Waals surface area contributed by atoms with Crippen molar-refractivity contribution in [2.45, 2.75) is 36.9 Å². The molecule has 1 aromatic carbocycles. The summed E-state index contributed by atoms with van der Waals surface area (Å²) in [5.41, 5.74) is 0.997. The summed E-state index contributed by atoms with van der Waals surface area (Å²) in [5, 5.41) is -0.202. The Kier molecular flexibility index (Phi) is 3.52. The Bertz CT molecular complexity index is 488. The Labute approximate surface area is 102 Å². The lowest BCUT2D eigenvalue weighted by Crippen LogP contribution is -2.25. The lowest BCUT2D eigenvalue weighted by Gasteiger charge is -2.27. The van der Waals surface area contributed by atoms with Gasteiger partial charge < -0.3 is 0 Å². The van der Waals surface area contributed by atoms with Crippen molar-refractivity contribution in [3.8, 4) is 0 Å². The number of hydrogen-bond donors (Lipinski definition) is 0. The second-order valence-electron chi connectivity index (χ2n) is 4.86. The van der Waals surface area contributed by atoms with Crippen LogP contribution < -0.4 is 0 Å². The molecule has 0 radical (unpaired) electrons. The van der Waals surface area contributed by atoms with E-state index in [1.54, 1.807) is 12.1 Å². The second-order valence-corrected chi connectivity index (χ2v) is 7.18. The van der Waals surface area contributed by atoms with Crippen LogP contribution in [0.2, 0.25) is 0 Å². The molecule has 0 saturated heterocycles. The zero-order valence-electron chi connectivity index (χ0n) is 9.90. The Morgan fingerprint density at radius 3 is 2.35 bits per heavy atom. The number of halogens is 1. The average Bonchev–Trinajstić information content (AvgIpc) is 2.28. The van der Waals surface area contributed by atoms with Crippen LogP contribution in [0.15, 0.2) is 24.3 Å². The molecule has 1 aliphatic carbocycles. The molecule has 17 heavy (non-hydrogen) atoms. The summed E-state index contributed by atoms with van der Waals surface area (Å²) in [6.45, 7) is 0. The molecular formula is C13H17FO2S. The third-order valence-corrected chi connectivity index (χ3v) is 5.28. The molecular weight excluding hydrogens is 239 g/mol. The second kappa shape index (κ2) is 4.77. The zero-order chi connectivity index (χ0) is 12.5. The fraction of sp³-hybridized carbons (Fsp3) is 0.538. The van der Waals surface area contributed by atoms with Gasteiger partial charge in [0.25, 0.3) is 0 Å². The maximum atomic E-state index is 13.1. The molecule has 0 aliphatic heterocycles. The van der Waals surface area contributed by atoms with E-state index in [4.69, 9.17) is 0 Å². The van der Waals surface area contributed by atoms with E-state index in [0.29, 0.717) is 18.8 Å². The lowest BCUT2D eigenvalue weighted by molar-refractivity contribution is 0.435. The third-order valence-electron chi connectivity index (χ3n) is 3.60. The number of sulfone groups is 1. The van der Waals surface area contributed by atoms with Crippen molar-refractivity contribution in [2.24, 2.45) is 0 Å². The van der Waals surface area contributed by atoms with E-state index in [1.807, 2.05) is 6.07 Å². The van der Waals surface area contributed by atoms with Gasteiger partial charge in [-0.15, -0.1) is 0 Å². The highest BCUT2D eigenvalue weighted by Crippen LogP contribution is 2.35. The van der Waals surface area contributed by atoms with Crippen molar-refractivity contribution in [3.63, 3.8) is 0 Å². The van der Waals surface area contributed by atoms with E-state index in [1.165, 1.54) is 12.3 Å². The van der Waals surface area contributed by atoms with E-state index >= 15 is 0 Å². The summed E-state index contributed by atoms with van der Waals surface area (Å²) in [6, 6.07) is 6.64. The van der Waals surface area contributed by atoms with Crippen LogP contribution in [-0.2, 0) is 9.84 Å². The molecule has 1 fully saturated rings. The summed E-state index contributed by atoms with van der Waals surface area (Å²) >= 11 is 0. The minimum absolute atomic E-state index is 0.202. The van der Waals surface area contributed by atoms with Crippen LogP contribution >= 0.6 is 0 Å². The van der Waals surface area contributed by atoms with Crippen LogP contribution in [0.3, 0.4) is 0 Å². The molecule has 1 aliphatic rings. The standard InChI is InChI=1S/C13H17FO2S/c1-17(15,16)13-7-5-10(6-8-13)11-3-2-4-12(14)9-11/h2-4,9-10,13H,5-8H2,1H3. The van der Waals surface area contributed by atoms with Crippen molar-refractivity contribution in [2.75, 3.05) is 6.26 Å². The molecule has 1 saturated carbocycles. The molecule has 0 amide bonds. The number of hydrogen-bond acceptors (Lipinski definition) is 2. The molecule has 2 rings (SSSR count). The van der Waals surface area contributed by atoms with Gasteiger partial charge in [-0.2, -0.15) is 0 Å². The molecule has 0 bridgehead atoms. The van der Waals surface area contributed by atoms with Gasteiger partial charge in [0.05, 0.1) is 5.25 Å². The van der Waals surface area contributed by atoms with Crippen LogP contribution in [0, 0.1) is 5.82 Å². The van der Waals surface area contributed by atoms with Crippen LogP contribution in [0.25, 0.3) is 0 Å². The van der Waals surface area contributed by atoms with Crippen LogP contribution in [-0.4, -0.2) is 19.9 Å². The maximum absolute atomic E-state index is 13.1. The molecule has 2 nitrogen and oxygen atoms in total. The van der Waals surface area contributed by atoms with E-state index in [-0.39, 0.29) is 11.1 Å². The van der Waals surface area contributed by atoms with E-state index in [9.17, 15) is 12.8 Å². The largest absolute Gasteiger partial charge is 0.229 e. The predicted molar refractivity (Wildman–Crippen MR) is 66.2 cm³/mol. The number of benzene rings is 1. The first-order valence-electron chi connectivity index (χ1n) is 5.91. The Morgan fingerprint density at radius 1 is 1.18 bits per heavy atom. The molecule has 0 unspecified atom stereocenters. The smallest absolute Gasteiger partial charge is 0.150 e. The topological polar surface area (TPSA) is 34.1 Å². The van der Waals surface area contributed by atoms with E-state index in [2.05, 4.69) is 0 Å². The van der Waals surface area contributed by atoms with Gasteiger partial charge in [0.1, 0.15) is 15.7 Å². The summed E-state index contributed by atoms with van der Waals surface area (Å²) < 4.78 is 35.9. The van der Waals surface area contributed by atoms with Crippen LogP contribution in [0.1, 0.15) is 37.2 Å². The highest BCUT2D eigenvalue weighted by Gasteiger charge is 2.28. The van der Waals surface area contributed by atoms with Gasteiger partial charge in [0.2, 0.25) is 0 Å². The Balaban J connectivity index is 2.05. The molecule has 0 heterocycles. The first-order valence-corrected chi connectivity index (χ1v) is 7.86. The van der Waals surface area contributed by atoms with Gasteiger partial charge in [0, 0.05) is 6.26 Å². The van der Waals surface area contributed by atoms with Crippen molar-refractivity contribution < 1.29 is 12.8 Å². The van der Waals surface area contributed by atoms with Crippen LogP contribution in [0.5, 0.6) is 0 Å². The monoisotopic (exact) mass is 256 g/mol. The minimum Gasteiger partial charge on any atom is -0.229 e. The minimum atomic E-state index is -2.91. The summed E-state index contributed by atoms with van der Waals surface area (Å²) in [7, 11) is -2.91. The summed E-state index contributed by atoms with van der Waals surface area (Å²) in [6.07, 6.45) is 4.36. The molecule has 0 N–H and O–H groups in total.